The minimum atomic E-state index is -0.305. The van der Waals surface area contributed by atoms with Gasteiger partial charge in [0.15, 0.2) is 5.78 Å². The predicted octanol–water partition coefficient (Wildman–Crippen LogP) is 1.06. The van der Waals surface area contributed by atoms with Crippen molar-refractivity contribution in [3.05, 3.63) is 34.9 Å². The second-order valence-electron chi connectivity index (χ2n) is 3.28. The number of carbonyl (C=O) groups is 1. The summed E-state index contributed by atoms with van der Waals surface area (Å²) in [5.74, 6) is 0.0914. The molecule has 1 atom stereocenters. The van der Waals surface area contributed by atoms with Gasteiger partial charge >= 0.3 is 0 Å². The van der Waals surface area contributed by atoms with Crippen LogP contribution >= 0.6 is 0 Å². The number of hydrogen-bond acceptors (Lipinski definition) is 2. The first-order valence-electron chi connectivity index (χ1n) is 4.08. The third-order valence-electron chi connectivity index (χ3n) is 2.44. The van der Waals surface area contributed by atoms with Crippen LogP contribution in [0.15, 0.2) is 18.2 Å². The average Bonchev–Trinajstić information content (AvgIpc) is 2.32. The van der Waals surface area contributed by atoms with E-state index < -0.39 is 0 Å². The van der Waals surface area contributed by atoms with E-state index in [2.05, 4.69) is 0 Å². The second-order valence-corrected chi connectivity index (χ2v) is 3.28. The number of Topliss-reactive ketones (excluding diaryl/α,β-unsaturated/α-hetero) is 1. The van der Waals surface area contributed by atoms with Crippen LogP contribution in [0, 0.1) is 6.92 Å². The van der Waals surface area contributed by atoms with Crippen LogP contribution in [0.2, 0.25) is 0 Å². The van der Waals surface area contributed by atoms with Crippen molar-refractivity contribution in [2.45, 2.75) is 19.4 Å². The summed E-state index contributed by atoms with van der Waals surface area (Å²) >= 11 is 0. The van der Waals surface area contributed by atoms with E-state index in [9.17, 15) is 4.79 Å². The van der Waals surface area contributed by atoms with Gasteiger partial charge in [0.2, 0.25) is 0 Å². The first kappa shape index (κ1) is 7.50. The van der Waals surface area contributed by atoms with Crippen molar-refractivity contribution in [1.82, 2.24) is 0 Å². The van der Waals surface area contributed by atoms with Crippen molar-refractivity contribution in [3.8, 4) is 0 Å². The summed E-state index contributed by atoms with van der Waals surface area (Å²) in [6, 6.07) is 5.48. The van der Waals surface area contributed by atoms with Gasteiger partial charge in [-0.05, 0) is 24.5 Å². The molecule has 0 saturated carbocycles. The first-order chi connectivity index (χ1) is 5.70. The topological polar surface area (TPSA) is 43.1 Å². The van der Waals surface area contributed by atoms with E-state index in [1.165, 1.54) is 5.56 Å². The maximum atomic E-state index is 11.4. The number of benzene rings is 1. The highest BCUT2D eigenvalue weighted by atomic mass is 16.1. The van der Waals surface area contributed by atoms with Gasteiger partial charge in [-0.2, -0.15) is 0 Å². The summed E-state index contributed by atoms with van der Waals surface area (Å²) in [4.78, 5) is 11.4. The van der Waals surface area contributed by atoms with Crippen LogP contribution in [0.3, 0.4) is 0 Å². The monoisotopic (exact) mass is 161 g/mol. The molecule has 2 rings (SSSR count). The molecule has 1 aliphatic rings. The van der Waals surface area contributed by atoms with Crippen LogP contribution in [0.4, 0.5) is 0 Å². The molecule has 0 fully saturated rings. The molecule has 2 heteroatoms. The molecule has 1 aliphatic carbocycles. The molecular formula is C10H11NO. The summed E-state index contributed by atoms with van der Waals surface area (Å²) in [7, 11) is 0. The summed E-state index contributed by atoms with van der Waals surface area (Å²) in [6.45, 7) is 2.02. The molecule has 1 unspecified atom stereocenters. The third kappa shape index (κ3) is 0.883. The van der Waals surface area contributed by atoms with E-state index >= 15 is 0 Å². The number of nitrogens with two attached hydrogens (primary N) is 1. The Balaban J connectivity index is 2.61. The highest BCUT2D eigenvalue weighted by molar-refractivity contribution is 6.04. The molecule has 0 bridgehead atoms. The van der Waals surface area contributed by atoms with Gasteiger partial charge in [-0.15, -0.1) is 0 Å². The number of aryl methyl sites for hydroxylation is 1. The molecule has 0 aromatic heterocycles. The molecular weight excluding hydrogens is 150 g/mol. The maximum absolute atomic E-state index is 11.4. The van der Waals surface area contributed by atoms with Crippen molar-refractivity contribution in [2.75, 3.05) is 0 Å². The SMILES string of the molecule is Cc1cccc2c1CC(N)C2=O. The van der Waals surface area contributed by atoms with Gasteiger partial charge in [0.25, 0.3) is 0 Å². The fraction of sp³-hybridized carbons (Fsp3) is 0.300. The summed E-state index contributed by atoms with van der Waals surface area (Å²) < 4.78 is 0. The Hall–Kier alpha value is -1.15. The number of fused-ring (bicyclic) bond motifs is 1. The van der Waals surface area contributed by atoms with Crippen molar-refractivity contribution < 1.29 is 4.79 Å². The molecule has 1 aromatic rings. The molecule has 0 radical (unpaired) electrons. The summed E-state index contributed by atoms with van der Waals surface area (Å²) in [6.07, 6.45) is 0.709. The molecule has 2 nitrogen and oxygen atoms in total. The summed E-state index contributed by atoms with van der Waals surface area (Å²) in [5.41, 5.74) is 8.78. The zero-order valence-electron chi connectivity index (χ0n) is 7.00. The van der Waals surface area contributed by atoms with Crippen molar-refractivity contribution >= 4 is 5.78 Å². The Labute approximate surface area is 71.4 Å². The maximum Gasteiger partial charge on any atom is 0.180 e. The smallest absolute Gasteiger partial charge is 0.180 e. The number of hydrogen-bond donors (Lipinski definition) is 1. The average molecular weight is 161 g/mol. The van der Waals surface area contributed by atoms with E-state index in [1.807, 2.05) is 25.1 Å². The van der Waals surface area contributed by atoms with E-state index in [0.29, 0.717) is 6.42 Å². The van der Waals surface area contributed by atoms with Gasteiger partial charge in [0.05, 0.1) is 6.04 Å². The van der Waals surface area contributed by atoms with E-state index in [4.69, 9.17) is 5.73 Å². The zero-order valence-corrected chi connectivity index (χ0v) is 7.00. The Bertz CT molecular complexity index is 344. The lowest BCUT2D eigenvalue weighted by Crippen LogP contribution is -2.26. The molecule has 12 heavy (non-hydrogen) atoms. The van der Waals surface area contributed by atoms with Crippen molar-refractivity contribution in [1.29, 1.82) is 0 Å². The van der Waals surface area contributed by atoms with Crippen LogP contribution in [-0.4, -0.2) is 11.8 Å². The quantitative estimate of drug-likeness (QED) is 0.618. The molecule has 0 spiro atoms. The van der Waals surface area contributed by atoms with Crippen LogP contribution < -0.4 is 5.73 Å². The predicted molar refractivity (Wildman–Crippen MR) is 47.2 cm³/mol. The minimum Gasteiger partial charge on any atom is -0.321 e. The van der Waals surface area contributed by atoms with Crippen molar-refractivity contribution in [2.24, 2.45) is 5.73 Å². The fourth-order valence-electron chi connectivity index (χ4n) is 1.72. The van der Waals surface area contributed by atoms with Gasteiger partial charge in [-0.1, -0.05) is 18.2 Å². The normalized spacial score (nSPS) is 21.2. The van der Waals surface area contributed by atoms with E-state index in [0.717, 1.165) is 11.1 Å². The fourth-order valence-corrected chi connectivity index (χ4v) is 1.72. The largest absolute Gasteiger partial charge is 0.321 e. The first-order valence-corrected chi connectivity index (χ1v) is 4.08. The Kier molecular flexibility index (Phi) is 1.51. The van der Waals surface area contributed by atoms with E-state index in [1.54, 1.807) is 0 Å². The second kappa shape index (κ2) is 2.42. The standard InChI is InChI=1S/C10H11NO/c1-6-3-2-4-7-8(6)5-9(11)10(7)12/h2-4,9H,5,11H2,1H3. The zero-order chi connectivity index (χ0) is 8.72. The molecule has 1 aromatic carbocycles. The molecule has 0 aliphatic heterocycles. The van der Waals surface area contributed by atoms with E-state index in [-0.39, 0.29) is 11.8 Å². The Morgan fingerprint density at radius 1 is 1.50 bits per heavy atom. The van der Waals surface area contributed by atoms with Crippen LogP contribution in [0.5, 0.6) is 0 Å². The lowest BCUT2D eigenvalue weighted by Gasteiger charge is -1.99. The van der Waals surface area contributed by atoms with Gasteiger partial charge in [-0.3, -0.25) is 4.79 Å². The van der Waals surface area contributed by atoms with Crippen LogP contribution in [0.25, 0.3) is 0 Å². The van der Waals surface area contributed by atoms with Crippen LogP contribution in [-0.2, 0) is 6.42 Å². The van der Waals surface area contributed by atoms with Crippen molar-refractivity contribution in [3.63, 3.8) is 0 Å². The highest BCUT2D eigenvalue weighted by Gasteiger charge is 2.27. The molecule has 62 valence electrons. The molecule has 0 heterocycles. The number of rotatable bonds is 0. The minimum absolute atomic E-state index is 0.0914. The molecule has 0 amide bonds. The third-order valence-corrected chi connectivity index (χ3v) is 2.44. The molecule has 2 N–H and O–H groups in total. The number of carbonyl (C=O) groups excluding carboxylic acids is 1. The lowest BCUT2D eigenvalue weighted by atomic mass is 10.1. The lowest BCUT2D eigenvalue weighted by molar-refractivity contribution is 0.0974. The Morgan fingerprint density at radius 2 is 2.25 bits per heavy atom. The van der Waals surface area contributed by atoms with Crippen LogP contribution in [0.1, 0.15) is 21.5 Å². The van der Waals surface area contributed by atoms with Gasteiger partial charge < -0.3 is 5.73 Å². The van der Waals surface area contributed by atoms with Gasteiger partial charge in [0.1, 0.15) is 0 Å². The van der Waals surface area contributed by atoms with Gasteiger partial charge in [-0.25, -0.2) is 0 Å². The van der Waals surface area contributed by atoms with Gasteiger partial charge in [0, 0.05) is 5.56 Å². The summed E-state index contributed by atoms with van der Waals surface area (Å²) in [5, 5.41) is 0. The highest BCUT2D eigenvalue weighted by Crippen LogP contribution is 2.23. The Morgan fingerprint density at radius 3 is 2.92 bits per heavy atom. The molecule has 0 saturated heterocycles. The number of ketones is 1.